The summed E-state index contributed by atoms with van der Waals surface area (Å²) in [6, 6.07) is 17.9. The molecule has 0 unspecified atom stereocenters. The van der Waals surface area contributed by atoms with Gasteiger partial charge in [0.1, 0.15) is 11.6 Å². The van der Waals surface area contributed by atoms with Crippen LogP contribution in [0, 0.1) is 0 Å². The summed E-state index contributed by atoms with van der Waals surface area (Å²) in [5.41, 5.74) is 4.55. The Hall–Kier alpha value is -3.58. The zero-order valence-corrected chi connectivity index (χ0v) is 20.0. The van der Waals surface area contributed by atoms with E-state index in [1.54, 1.807) is 19.2 Å². The Labute approximate surface area is 203 Å². The van der Waals surface area contributed by atoms with Crippen molar-refractivity contribution < 1.29 is 9.53 Å². The largest absolute Gasteiger partial charge is 0.462 e. The zero-order valence-electron chi connectivity index (χ0n) is 19.2. The summed E-state index contributed by atoms with van der Waals surface area (Å²) in [6.45, 7) is 5.51. The fourth-order valence-corrected chi connectivity index (χ4v) is 4.57. The normalized spacial score (nSPS) is 14.0. The molecule has 0 bridgehead atoms. The number of fused-ring (bicyclic) bond motifs is 1. The highest BCUT2D eigenvalue weighted by Crippen LogP contribution is 2.33. The summed E-state index contributed by atoms with van der Waals surface area (Å²) >= 11 is 6.61. The van der Waals surface area contributed by atoms with Crippen LogP contribution in [0.3, 0.4) is 0 Å². The molecule has 1 fully saturated rings. The third-order valence-electron chi connectivity index (χ3n) is 6.21. The molecular formula is C26H26ClN5O2. The van der Waals surface area contributed by atoms with E-state index in [9.17, 15) is 4.79 Å². The number of benzene rings is 2. The lowest BCUT2D eigenvalue weighted by Crippen LogP contribution is -2.46. The monoisotopic (exact) mass is 475 g/mol. The number of para-hydroxylation sites is 2. The average molecular weight is 476 g/mol. The van der Waals surface area contributed by atoms with Gasteiger partial charge in [-0.15, -0.1) is 0 Å². The third kappa shape index (κ3) is 4.19. The number of aromatic nitrogens is 3. The molecule has 0 radical (unpaired) electrons. The van der Waals surface area contributed by atoms with Crippen LogP contribution < -0.4 is 9.80 Å². The molecule has 3 heterocycles. The number of esters is 1. The highest BCUT2D eigenvalue weighted by molar-refractivity contribution is 6.33. The van der Waals surface area contributed by atoms with Crippen molar-refractivity contribution in [3.8, 4) is 11.4 Å². The predicted molar refractivity (Wildman–Crippen MR) is 136 cm³/mol. The molecule has 0 atom stereocenters. The van der Waals surface area contributed by atoms with E-state index in [4.69, 9.17) is 21.3 Å². The van der Waals surface area contributed by atoms with Crippen LogP contribution in [-0.2, 0) is 11.8 Å². The molecule has 0 spiro atoms. The van der Waals surface area contributed by atoms with Gasteiger partial charge in [0.25, 0.3) is 0 Å². The smallest absolute Gasteiger partial charge is 0.339 e. The predicted octanol–water partition coefficient (Wildman–Crippen LogP) is 4.79. The van der Waals surface area contributed by atoms with Gasteiger partial charge in [-0.3, -0.25) is 0 Å². The molecule has 2 aromatic heterocycles. The van der Waals surface area contributed by atoms with Crippen LogP contribution in [-0.4, -0.2) is 53.3 Å². The first-order chi connectivity index (χ1) is 16.5. The van der Waals surface area contributed by atoms with E-state index in [1.807, 2.05) is 37.4 Å². The quantitative estimate of drug-likeness (QED) is 0.387. The van der Waals surface area contributed by atoms with Crippen molar-refractivity contribution in [2.24, 2.45) is 7.05 Å². The van der Waals surface area contributed by atoms with Gasteiger partial charge in [0.2, 0.25) is 0 Å². The van der Waals surface area contributed by atoms with Crippen molar-refractivity contribution in [2.75, 3.05) is 42.6 Å². The van der Waals surface area contributed by atoms with E-state index in [0.29, 0.717) is 17.2 Å². The number of imidazole rings is 1. The van der Waals surface area contributed by atoms with Crippen molar-refractivity contribution in [1.29, 1.82) is 0 Å². The van der Waals surface area contributed by atoms with Gasteiger partial charge in [0.05, 0.1) is 28.2 Å². The molecule has 174 valence electrons. The van der Waals surface area contributed by atoms with Crippen molar-refractivity contribution in [2.45, 2.75) is 6.92 Å². The summed E-state index contributed by atoms with van der Waals surface area (Å²) in [4.78, 5) is 25.7. The SMILES string of the molecule is CCOC(=O)c1ccc(N2CCN(c3ccc(Cl)c(-c4nc5ccccc5n4C)c3)CC2)nc1. The number of halogens is 1. The summed E-state index contributed by atoms with van der Waals surface area (Å²) in [7, 11) is 2.02. The van der Waals surface area contributed by atoms with E-state index in [0.717, 1.165) is 60.1 Å². The standard InChI is InChI=1S/C26H26ClN5O2/c1-3-34-26(33)18-8-11-24(28-17-18)32-14-12-31(13-15-32)19-9-10-21(27)20(16-19)25-29-22-6-4-5-7-23(22)30(25)2/h4-11,16-17H,3,12-15H2,1-2H3. The minimum absolute atomic E-state index is 0.342. The average Bonchev–Trinajstić information content (AvgIpc) is 3.21. The molecule has 0 saturated carbocycles. The summed E-state index contributed by atoms with van der Waals surface area (Å²) in [5, 5.41) is 0.687. The third-order valence-corrected chi connectivity index (χ3v) is 6.54. The van der Waals surface area contributed by atoms with Gasteiger partial charge in [0, 0.05) is 50.7 Å². The van der Waals surface area contributed by atoms with Gasteiger partial charge in [-0.2, -0.15) is 0 Å². The molecule has 8 heteroatoms. The van der Waals surface area contributed by atoms with E-state index in [2.05, 4.69) is 37.5 Å². The molecule has 34 heavy (non-hydrogen) atoms. The van der Waals surface area contributed by atoms with E-state index in [-0.39, 0.29) is 5.97 Å². The Morgan fingerprint density at radius 1 is 1.03 bits per heavy atom. The number of ether oxygens (including phenoxy) is 1. The Morgan fingerprint density at radius 2 is 1.79 bits per heavy atom. The second-order valence-electron chi connectivity index (χ2n) is 8.25. The fourth-order valence-electron chi connectivity index (χ4n) is 4.37. The Kier molecular flexibility index (Phi) is 6.11. The van der Waals surface area contributed by atoms with Crippen molar-refractivity contribution in [3.05, 3.63) is 71.4 Å². The molecule has 2 aromatic carbocycles. The fraction of sp³-hybridized carbons (Fsp3) is 0.269. The summed E-state index contributed by atoms with van der Waals surface area (Å²) < 4.78 is 7.12. The minimum Gasteiger partial charge on any atom is -0.462 e. The van der Waals surface area contributed by atoms with Gasteiger partial charge in [-0.1, -0.05) is 23.7 Å². The van der Waals surface area contributed by atoms with Crippen molar-refractivity contribution in [3.63, 3.8) is 0 Å². The van der Waals surface area contributed by atoms with E-state index < -0.39 is 0 Å². The number of hydrogen-bond donors (Lipinski definition) is 0. The van der Waals surface area contributed by atoms with Gasteiger partial charge >= 0.3 is 5.97 Å². The number of piperazine rings is 1. The van der Waals surface area contributed by atoms with Crippen LogP contribution in [0.5, 0.6) is 0 Å². The second kappa shape index (κ2) is 9.35. The minimum atomic E-state index is -0.342. The van der Waals surface area contributed by atoms with Gasteiger partial charge in [-0.25, -0.2) is 14.8 Å². The number of rotatable bonds is 5. The topological polar surface area (TPSA) is 63.5 Å². The van der Waals surface area contributed by atoms with Gasteiger partial charge in [-0.05, 0) is 49.4 Å². The lowest BCUT2D eigenvalue weighted by molar-refractivity contribution is 0.0526. The Bertz CT molecular complexity index is 1330. The number of nitrogens with zero attached hydrogens (tertiary/aromatic N) is 5. The molecule has 0 aliphatic carbocycles. The molecule has 7 nitrogen and oxygen atoms in total. The van der Waals surface area contributed by atoms with Gasteiger partial charge in [0.15, 0.2) is 0 Å². The first-order valence-corrected chi connectivity index (χ1v) is 11.8. The van der Waals surface area contributed by atoms with Gasteiger partial charge < -0.3 is 19.1 Å². The molecule has 1 aliphatic rings. The highest BCUT2D eigenvalue weighted by atomic mass is 35.5. The summed E-state index contributed by atoms with van der Waals surface area (Å²) in [6.07, 6.45) is 1.59. The number of carbonyl (C=O) groups is 1. The van der Waals surface area contributed by atoms with Crippen molar-refractivity contribution in [1.82, 2.24) is 14.5 Å². The van der Waals surface area contributed by atoms with Crippen LogP contribution in [0.15, 0.2) is 60.8 Å². The molecular weight excluding hydrogens is 450 g/mol. The molecule has 1 aliphatic heterocycles. The maximum Gasteiger partial charge on any atom is 0.339 e. The van der Waals surface area contributed by atoms with Crippen LogP contribution in [0.1, 0.15) is 17.3 Å². The summed E-state index contributed by atoms with van der Waals surface area (Å²) in [5.74, 6) is 1.38. The number of anilines is 2. The lowest BCUT2D eigenvalue weighted by Gasteiger charge is -2.37. The molecule has 5 rings (SSSR count). The lowest BCUT2D eigenvalue weighted by atomic mass is 10.1. The molecule has 0 N–H and O–H groups in total. The maximum absolute atomic E-state index is 11.9. The molecule has 1 saturated heterocycles. The van der Waals surface area contributed by atoms with Crippen LogP contribution in [0.4, 0.5) is 11.5 Å². The van der Waals surface area contributed by atoms with Crippen LogP contribution in [0.25, 0.3) is 22.4 Å². The Balaban J connectivity index is 1.32. The van der Waals surface area contributed by atoms with Crippen molar-refractivity contribution >= 4 is 40.1 Å². The van der Waals surface area contributed by atoms with E-state index in [1.165, 1.54) is 0 Å². The zero-order chi connectivity index (χ0) is 23.7. The van der Waals surface area contributed by atoms with E-state index >= 15 is 0 Å². The molecule has 4 aromatic rings. The first-order valence-electron chi connectivity index (χ1n) is 11.4. The van der Waals surface area contributed by atoms with Crippen LogP contribution >= 0.6 is 11.6 Å². The second-order valence-corrected chi connectivity index (χ2v) is 8.65. The first kappa shape index (κ1) is 22.2. The number of pyridine rings is 1. The maximum atomic E-state index is 11.9. The number of hydrogen-bond acceptors (Lipinski definition) is 6. The number of carbonyl (C=O) groups excluding carboxylic acids is 1. The Morgan fingerprint density at radius 3 is 2.50 bits per heavy atom. The highest BCUT2D eigenvalue weighted by Gasteiger charge is 2.21. The number of aryl methyl sites for hydroxylation is 1. The van der Waals surface area contributed by atoms with Crippen LogP contribution in [0.2, 0.25) is 5.02 Å². The molecule has 0 amide bonds.